The second kappa shape index (κ2) is 11.7. The first-order valence-electron chi connectivity index (χ1n) is 11.4. The van der Waals surface area contributed by atoms with Crippen LogP contribution < -0.4 is 5.32 Å². The van der Waals surface area contributed by atoms with E-state index in [0.717, 1.165) is 11.1 Å². The summed E-state index contributed by atoms with van der Waals surface area (Å²) < 4.78 is 13.4. The first kappa shape index (κ1) is 26.7. The Bertz CT molecular complexity index is 1160. The molecule has 3 rings (SSSR count). The quantitative estimate of drug-likeness (QED) is 0.387. The molecule has 1 atom stereocenters. The Morgan fingerprint density at radius 2 is 1.51 bits per heavy atom. The zero-order valence-electron chi connectivity index (χ0n) is 20.0. The van der Waals surface area contributed by atoms with E-state index < -0.39 is 11.6 Å². The van der Waals surface area contributed by atoms with Crippen molar-refractivity contribution in [3.63, 3.8) is 0 Å². The van der Waals surface area contributed by atoms with Crippen LogP contribution in [0.4, 0.5) is 4.39 Å². The molecule has 0 unspecified atom stereocenters. The van der Waals surface area contributed by atoms with Crippen LogP contribution in [0.1, 0.15) is 37.5 Å². The summed E-state index contributed by atoms with van der Waals surface area (Å²) in [6.07, 6.45) is 0.356. The predicted octanol–water partition coefficient (Wildman–Crippen LogP) is 6.23. The Balaban J connectivity index is 2.00. The molecule has 0 radical (unpaired) electrons. The van der Waals surface area contributed by atoms with Crippen LogP contribution in [0, 0.1) is 5.82 Å². The molecule has 4 nitrogen and oxygen atoms in total. The third-order valence-corrected chi connectivity index (χ3v) is 6.11. The Labute approximate surface area is 216 Å². The molecule has 0 spiro atoms. The zero-order valence-corrected chi connectivity index (χ0v) is 21.5. The van der Waals surface area contributed by atoms with E-state index in [1.807, 2.05) is 51.1 Å². The lowest BCUT2D eigenvalue weighted by molar-refractivity contribution is -0.141. The van der Waals surface area contributed by atoms with Crippen LogP contribution in [0.3, 0.4) is 0 Å². The highest BCUT2D eigenvalue weighted by Gasteiger charge is 2.32. The highest BCUT2D eigenvalue weighted by molar-refractivity contribution is 6.42. The largest absolute Gasteiger partial charge is 0.350 e. The minimum Gasteiger partial charge on any atom is -0.350 e. The van der Waals surface area contributed by atoms with Gasteiger partial charge in [-0.3, -0.25) is 9.59 Å². The molecule has 0 saturated heterocycles. The zero-order chi connectivity index (χ0) is 25.6. The minimum absolute atomic E-state index is 0.0235. The van der Waals surface area contributed by atoms with Crippen molar-refractivity contribution in [2.45, 2.75) is 51.7 Å². The lowest BCUT2D eigenvalue weighted by Crippen LogP contribution is -2.54. The standard InChI is InChI=1S/C28H29Cl2FN2O2/c1-28(2,3)32-27(35)25(16-19-7-5-4-6-8-19)33(18-21-11-14-23(29)24(30)15-21)26(34)17-20-9-12-22(31)13-10-20/h4-15,25H,16-18H2,1-3H3,(H,32,35)/t25-/m0/s1. The van der Waals surface area contributed by atoms with Crippen molar-refractivity contribution in [1.82, 2.24) is 10.2 Å². The van der Waals surface area contributed by atoms with Gasteiger partial charge in [0.05, 0.1) is 16.5 Å². The number of nitrogens with zero attached hydrogens (tertiary/aromatic N) is 1. The SMILES string of the molecule is CC(C)(C)NC(=O)[C@H](Cc1ccccc1)N(Cc1ccc(Cl)c(Cl)c1)C(=O)Cc1ccc(F)cc1. The topological polar surface area (TPSA) is 49.4 Å². The summed E-state index contributed by atoms with van der Waals surface area (Å²) in [7, 11) is 0. The fourth-order valence-corrected chi connectivity index (χ4v) is 4.04. The number of hydrogen-bond acceptors (Lipinski definition) is 2. The Kier molecular flexibility index (Phi) is 8.92. The van der Waals surface area contributed by atoms with Crippen LogP contribution in [0.15, 0.2) is 72.8 Å². The Morgan fingerprint density at radius 3 is 2.11 bits per heavy atom. The Hall–Kier alpha value is -2.89. The molecule has 0 bridgehead atoms. The first-order chi connectivity index (χ1) is 16.5. The van der Waals surface area contributed by atoms with Crippen LogP contribution >= 0.6 is 23.2 Å². The van der Waals surface area contributed by atoms with Crippen LogP contribution in [-0.2, 0) is 29.0 Å². The highest BCUT2D eigenvalue weighted by Crippen LogP contribution is 2.25. The number of nitrogens with one attached hydrogen (secondary N) is 1. The van der Waals surface area contributed by atoms with Crippen LogP contribution in [0.2, 0.25) is 10.0 Å². The van der Waals surface area contributed by atoms with E-state index >= 15 is 0 Å². The van der Waals surface area contributed by atoms with Crippen molar-refractivity contribution >= 4 is 35.0 Å². The summed E-state index contributed by atoms with van der Waals surface area (Å²) in [5.74, 6) is -0.887. The number of carbonyl (C=O) groups excluding carboxylic acids is 2. The molecule has 0 fully saturated rings. The molecular weight excluding hydrogens is 486 g/mol. The van der Waals surface area contributed by atoms with E-state index in [1.165, 1.54) is 12.1 Å². The molecule has 35 heavy (non-hydrogen) atoms. The van der Waals surface area contributed by atoms with Gasteiger partial charge in [0.2, 0.25) is 11.8 Å². The summed E-state index contributed by atoms with van der Waals surface area (Å²) in [6, 6.07) is 19.7. The van der Waals surface area contributed by atoms with E-state index in [2.05, 4.69) is 5.32 Å². The average molecular weight is 515 g/mol. The van der Waals surface area contributed by atoms with E-state index in [9.17, 15) is 14.0 Å². The lowest BCUT2D eigenvalue weighted by atomic mass is 10.00. The van der Waals surface area contributed by atoms with Crippen molar-refractivity contribution in [2.75, 3.05) is 0 Å². The maximum Gasteiger partial charge on any atom is 0.243 e. The average Bonchev–Trinajstić information content (AvgIpc) is 2.79. The molecule has 184 valence electrons. The van der Waals surface area contributed by atoms with Crippen LogP contribution in [0.5, 0.6) is 0 Å². The summed E-state index contributed by atoms with van der Waals surface area (Å²) >= 11 is 12.3. The maximum atomic E-state index is 13.6. The van der Waals surface area contributed by atoms with Crippen LogP contribution in [0.25, 0.3) is 0 Å². The maximum absolute atomic E-state index is 13.6. The molecule has 0 saturated carbocycles. The number of amides is 2. The van der Waals surface area contributed by atoms with Crippen molar-refractivity contribution in [3.05, 3.63) is 105 Å². The monoisotopic (exact) mass is 514 g/mol. The van der Waals surface area contributed by atoms with Gasteiger partial charge in [0, 0.05) is 18.5 Å². The van der Waals surface area contributed by atoms with E-state index in [1.54, 1.807) is 35.2 Å². The van der Waals surface area contributed by atoms with Gasteiger partial charge in [-0.1, -0.05) is 71.7 Å². The first-order valence-corrected chi connectivity index (χ1v) is 12.1. The minimum atomic E-state index is -0.779. The molecule has 0 aliphatic heterocycles. The summed E-state index contributed by atoms with van der Waals surface area (Å²) in [5, 5.41) is 3.80. The Morgan fingerprint density at radius 1 is 0.886 bits per heavy atom. The summed E-state index contributed by atoms with van der Waals surface area (Å²) in [5.41, 5.74) is 1.84. The molecule has 1 N–H and O–H groups in total. The smallest absolute Gasteiger partial charge is 0.243 e. The third-order valence-electron chi connectivity index (χ3n) is 5.37. The van der Waals surface area contributed by atoms with Gasteiger partial charge in [0.1, 0.15) is 11.9 Å². The second-order valence-electron chi connectivity index (χ2n) is 9.52. The van der Waals surface area contributed by atoms with Crippen LogP contribution in [-0.4, -0.2) is 28.3 Å². The summed E-state index contributed by atoms with van der Waals surface area (Å²) in [6.45, 7) is 5.85. The van der Waals surface area contributed by atoms with Gasteiger partial charge in [-0.2, -0.15) is 0 Å². The van der Waals surface area contributed by atoms with Crippen molar-refractivity contribution in [3.8, 4) is 0 Å². The molecule has 0 heterocycles. The highest BCUT2D eigenvalue weighted by atomic mass is 35.5. The number of halogens is 3. The normalized spacial score (nSPS) is 12.2. The second-order valence-corrected chi connectivity index (χ2v) is 10.3. The molecule has 7 heteroatoms. The number of hydrogen-bond donors (Lipinski definition) is 1. The molecule has 2 amide bonds. The summed E-state index contributed by atoms with van der Waals surface area (Å²) in [4.78, 5) is 28.7. The molecule has 3 aromatic carbocycles. The molecular formula is C28H29Cl2FN2O2. The predicted molar refractivity (Wildman–Crippen MR) is 139 cm³/mol. The van der Waals surface area contributed by atoms with Gasteiger partial charge in [-0.05, 0) is 61.7 Å². The van der Waals surface area contributed by atoms with Crippen molar-refractivity contribution in [1.29, 1.82) is 0 Å². The molecule has 0 aromatic heterocycles. The van der Waals surface area contributed by atoms with Gasteiger partial charge in [0.25, 0.3) is 0 Å². The van der Waals surface area contributed by atoms with Gasteiger partial charge in [-0.25, -0.2) is 4.39 Å². The molecule has 0 aliphatic rings. The third kappa shape index (κ3) is 8.08. The number of carbonyl (C=O) groups is 2. The fourth-order valence-electron chi connectivity index (χ4n) is 3.72. The molecule has 0 aliphatic carbocycles. The van der Waals surface area contributed by atoms with Gasteiger partial charge >= 0.3 is 0 Å². The van der Waals surface area contributed by atoms with E-state index in [4.69, 9.17) is 23.2 Å². The number of benzene rings is 3. The van der Waals surface area contributed by atoms with Crippen molar-refractivity contribution < 1.29 is 14.0 Å². The van der Waals surface area contributed by atoms with Gasteiger partial charge < -0.3 is 10.2 Å². The number of rotatable bonds is 8. The lowest BCUT2D eigenvalue weighted by Gasteiger charge is -2.34. The van der Waals surface area contributed by atoms with E-state index in [0.29, 0.717) is 22.0 Å². The molecule has 3 aromatic rings. The van der Waals surface area contributed by atoms with Gasteiger partial charge in [0.15, 0.2) is 0 Å². The van der Waals surface area contributed by atoms with E-state index in [-0.39, 0.29) is 30.6 Å². The van der Waals surface area contributed by atoms with Crippen molar-refractivity contribution in [2.24, 2.45) is 0 Å². The fraction of sp³-hybridized carbons (Fsp3) is 0.286. The van der Waals surface area contributed by atoms with Gasteiger partial charge in [-0.15, -0.1) is 0 Å².